The summed E-state index contributed by atoms with van der Waals surface area (Å²) in [6.07, 6.45) is -0.738. The molecule has 1 aliphatic heterocycles. The fraction of sp³-hybridized carbons (Fsp3) is 0.333. The van der Waals surface area contributed by atoms with Crippen LogP contribution in [0.2, 0.25) is 0 Å². The fourth-order valence-electron chi connectivity index (χ4n) is 2.98. The van der Waals surface area contributed by atoms with Crippen molar-refractivity contribution in [1.82, 2.24) is 9.80 Å². The summed E-state index contributed by atoms with van der Waals surface area (Å²) in [5, 5.41) is 20.8. The highest BCUT2D eigenvalue weighted by Gasteiger charge is 2.36. The molecule has 2 unspecified atom stereocenters. The molecule has 0 aromatic heterocycles. The van der Waals surface area contributed by atoms with Crippen LogP contribution in [0.3, 0.4) is 0 Å². The van der Waals surface area contributed by atoms with Crippen LogP contribution in [0.1, 0.15) is 11.1 Å². The van der Waals surface area contributed by atoms with Gasteiger partial charge in [-0.1, -0.05) is 24.3 Å². The zero-order valence-electron chi connectivity index (χ0n) is 13.5. The van der Waals surface area contributed by atoms with Crippen molar-refractivity contribution in [2.24, 2.45) is 0 Å². The van der Waals surface area contributed by atoms with Gasteiger partial charge in [0.25, 0.3) is 0 Å². The molecule has 24 heavy (non-hydrogen) atoms. The fourth-order valence-corrected chi connectivity index (χ4v) is 2.98. The molecule has 1 heterocycles. The standard InChI is InChI=1S/C18H24N4O2/c19-15-5-1-13(2-6-15)9-10-22-17(23)12-21(18(22)24)11-14-3-7-16(20)8-4-14/h1-8,17-18,23-24H,9-12,19-20H2. The largest absolute Gasteiger partial charge is 0.399 e. The Bertz CT molecular complexity index is 660. The zero-order chi connectivity index (χ0) is 17.1. The summed E-state index contributed by atoms with van der Waals surface area (Å²) in [7, 11) is 0. The third-order valence-electron chi connectivity index (χ3n) is 4.41. The van der Waals surface area contributed by atoms with E-state index >= 15 is 0 Å². The van der Waals surface area contributed by atoms with Crippen LogP contribution in [0.5, 0.6) is 0 Å². The molecule has 1 fully saturated rings. The maximum atomic E-state index is 10.5. The van der Waals surface area contributed by atoms with E-state index in [1.165, 1.54) is 0 Å². The van der Waals surface area contributed by atoms with E-state index in [1.54, 1.807) is 4.90 Å². The summed E-state index contributed by atoms with van der Waals surface area (Å²) in [4.78, 5) is 3.55. The van der Waals surface area contributed by atoms with Crippen LogP contribution >= 0.6 is 0 Å². The van der Waals surface area contributed by atoms with Crippen molar-refractivity contribution in [3.05, 3.63) is 59.7 Å². The lowest BCUT2D eigenvalue weighted by atomic mass is 10.1. The molecular weight excluding hydrogens is 304 g/mol. The maximum Gasteiger partial charge on any atom is 0.168 e. The van der Waals surface area contributed by atoms with Crippen molar-refractivity contribution >= 4 is 11.4 Å². The molecule has 1 aliphatic rings. The van der Waals surface area contributed by atoms with Gasteiger partial charge in [0, 0.05) is 31.0 Å². The van der Waals surface area contributed by atoms with E-state index in [0.717, 1.165) is 23.2 Å². The molecule has 2 aromatic carbocycles. The Balaban J connectivity index is 1.58. The number of aliphatic hydroxyl groups is 2. The summed E-state index contributed by atoms with van der Waals surface area (Å²) in [6, 6.07) is 15.2. The van der Waals surface area contributed by atoms with Crippen LogP contribution in [0, 0.1) is 0 Å². The van der Waals surface area contributed by atoms with E-state index in [2.05, 4.69) is 0 Å². The molecule has 2 aromatic rings. The van der Waals surface area contributed by atoms with Crippen LogP contribution in [0.15, 0.2) is 48.5 Å². The first kappa shape index (κ1) is 16.7. The lowest BCUT2D eigenvalue weighted by Gasteiger charge is -2.26. The third kappa shape index (κ3) is 3.85. The van der Waals surface area contributed by atoms with E-state index < -0.39 is 12.6 Å². The normalized spacial score (nSPS) is 22.1. The summed E-state index contributed by atoms with van der Waals surface area (Å²) >= 11 is 0. The van der Waals surface area contributed by atoms with Gasteiger partial charge in [0.15, 0.2) is 6.35 Å². The number of nitrogens with two attached hydrogens (primary N) is 2. The van der Waals surface area contributed by atoms with Crippen molar-refractivity contribution in [2.45, 2.75) is 25.5 Å². The van der Waals surface area contributed by atoms with Crippen molar-refractivity contribution < 1.29 is 10.2 Å². The van der Waals surface area contributed by atoms with Gasteiger partial charge >= 0.3 is 0 Å². The molecule has 6 N–H and O–H groups in total. The van der Waals surface area contributed by atoms with Crippen molar-refractivity contribution in [3.8, 4) is 0 Å². The average molecular weight is 328 g/mol. The number of hydrogen-bond acceptors (Lipinski definition) is 6. The number of nitrogens with zero attached hydrogens (tertiary/aromatic N) is 2. The third-order valence-corrected chi connectivity index (χ3v) is 4.41. The van der Waals surface area contributed by atoms with E-state index in [9.17, 15) is 10.2 Å². The van der Waals surface area contributed by atoms with Gasteiger partial charge < -0.3 is 21.7 Å². The molecular formula is C18H24N4O2. The lowest BCUT2D eigenvalue weighted by molar-refractivity contribution is -0.0927. The van der Waals surface area contributed by atoms with Crippen LogP contribution in [0.25, 0.3) is 0 Å². The minimum atomic E-state index is -0.800. The number of benzene rings is 2. The van der Waals surface area contributed by atoms with Crippen LogP contribution < -0.4 is 11.5 Å². The summed E-state index contributed by atoms with van der Waals surface area (Å²) in [6.45, 7) is 1.55. The molecule has 0 amide bonds. The van der Waals surface area contributed by atoms with Gasteiger partial charge in [-0.25, -0.2) is 4.90 Å². The Kier molecular flexibility index (Phi) is 5.01. The number of β-amino-alcohol motifs (C(OH)–C–C–N with tert-alkyl or cyclic N) is 1. The van der Waals surface area contributed by atoms with Crippen LogP contribution in [-0.2, 0) is 13.0 Å². The molecule has 6 nitrogen and oxygen atoms in total. The summed E-state index contributed by atoms with van der Waals surface area (Å²) < 4.78 is 0. The quantitative estimate of drug-likeness (QED) is 0.606. The number of rotatable bonds is 5. The molecule has 2 atom stereocenters. The summed E-state index contributed by atoms with van der Waals surface area (Å²) in [5.41, 5.74) is 15.0. The molecule has 0 bridgehead atoms. The summed E-state index contributed by atoms with van der Waals surface area (Å²) in [5.74, 6) is 0. The monoisotopic (exact) mass is 328 g/mol. The Morgan fingerprint density at radius 3 is 2.00 bits per heavy atom. The minimum absolute atomic E-state index is 0.410. The number of aliphatic hydroxyl groups excluding tert-OH is 2. The zero-order valence-corrected chi connectivity index (χ0v) is 13.5. The van der Waals surface area contributed by atoms with Gasteiger partial charge in [-0.2, -0.15) is 0 Å². The molecule has 0 radical (unpaired) electrons. The van der Waals surface area contributed by atoms with E-state index in [0.29, 0.717) is 25.3 Å². The second-order valence-corrected chi connectivity index (χ2v) is 6.23. The average Bonchev–Trinajstić information content (AvgIpc) is 2.83. The molecule has 3 rings (SSSR count). The molecule has 1 saturated heterocycles. The molecule has 0 saturated carbocycles. The number of hydrogen-bond donors (Lipinski definition) is 4. The number of anilines is 2. The van der Waals surface area contributed by atoms with Crippen molar-refractivity contribution in [2.75, 3.05) is 24.6 Å². The molecule has 0 spiro atoms. The van der Waals surface area contributed by atoms with Gasteiger partial charge in [0.05, 0.1) is 0 Å². The topological polar surface area (TPSA) is 99.0 Å². The van der Waals surface area contributed by atoms with Crippen LogP contribution in [0.4, 0.5) is 11.4 Å². The first-order valence-corrected chi connectivity index (χ1v) is 8.08. The van der Waals surface area contributed by atoms with E-state index in [1.807, 2.05) is 53.4 Å². The highest BCUT2D eigenvalue weighted by Crippen LogP contribution is 2.21. The number of nitrogen functional groups attached to an aromatic ring is 2. The van der Waals surface area contributed by atoms with Crippen molar-refractivity contribution in [3.63, 3.8) is 0 Å². The van der Waals surface area contributed by atoms with Crippen LogP contribution in [-0.4, -0.2) is 45.7 Å². The smallest absolute Gasteiger partial charge is 0.168 e. The first-order valence-electron chi connectivity index (χ1n) is 8.08. The Labute approximate surface area is 141 Å². The Morgan fingerprint density at radius 2 is 1.42 bits per heavy atom. The minimum Gasteiger partial charge on any atom is -0.399 e. The first-order chi connectivity index (χ1) is 11.5. The van der Waals surface area contributed by atoms with Gasteiger partial charge in [-0.15, -0.1) is 0 Å². The van der Waals surface area contributed by atoms with Gasteiger partial charge in [-0.3, -0.25) is 4.90 Å². The van der Waals surface area contributed by atoms with Gasteiger partial charge in [-0.05, 0) is 41.8 Å². The molecule has 128 valence electrons. The predicted octanol–water partition coefficient (Wildman–Crippen LogP) is 0.806. The SMILES string of the molecule is Nc1ccc(CCN2C(O)CN(Cc3ccc(N)cc3)C2O)cc1. The van der Waals surface area contributed by atoms with Gasteiger partial charge in [0.2, 0.25) is 0 Å². The molecule has 6 heteroatoms. The Hall–Kier alpha value is -2.12. The lowest BCUT2D eigenvalue weighted by Crippen LogP contribution is -2.41. The molecule has 0 aliphatic carbocycles. The predicted molar refractivity (Wildman–Crippen MR) is 94.5 cm³/mol. The highest BCUT2D eigenvalue weighted by atomic mass is 16.4. The van der Waals surface area contributed by atoms with E-state index in [4.69, 9.17) is 11.5 Å². The van der Waals surface area contributed by atoms with E-state index in [-0.39, 0.29) is 0 Å². The van der Waals surface area contributed by atoms with Gasteiger partial charge in [0.1, 0.15) is 6.23 Å². The second kappa shape index (κ2) is 7.19. The van der Waals surface area contributed by atoms with Crippen molar-refractivity contribution in [1.29, 1.82) is 0 Å². The highest BCUT2D eigenvalue weighted by molar-refractivity contribution is 5.40. The second-order valence-electron chi connectivity index (χ2n) is 6.23. The maximum absolute atomic E-state index is 10.5. The Morgan fingerprint density at radius 1 is 0.875 bits per heavy atom.